The average Bonchev–Trinajstić information content (AvgIpc) is 2.10. The van der Waals surface area contributed by atoms with Crippen LogP contribution in [0.4, 0.5) is 0 Å². The average molecular weight is 136 g/mol. The normalized spacial score (nSPS) is 35.3. The summed E-state index contributed by atoms with van der Waals surface area (Å²) in [5.41, 5.74) is 2.63. The van der Waals surface area contributed by atoms with Gasteiger partial charge in [0.05, 0.1) is 8.07 Å². The van der Waals surface area contributed by atoms with E-state index in [9.17, 15) is 0 Å². The van der Waals surface area contributed by atoms with Crippen LogP contribution >= 0.6 is 0 Å². The lowest BCUT2D eigenvalue weighted by Gasteiger charge is -2.42. The maximum Gasteiger partial charge on any atom is 0.0631 e. The Kier molecular flexibility index (Phi) is 0.853. The lowest BCUT2D eigenvalue weighted by molar-refractivity contribution is 1.02. The van der Waals surface area contributed by atoms with Crippen molar-refractivity contribution < 1.29 is 0 Å². The fourth-order valence-electron chi connectivity index (χ4n) is 1.95. The second-order valence-electron chi connectivity index (χ2n) is 3.77. The van der Waals surface area contributed by atoms with Gasteiger partial charge in [0, 0.05) is 0 Å². The number of fused-ring (bicyclic) bond motifs is 1. The number of allylic oxidation sites excluding steroid dienone is 4. The molecule has 48 valence electrons. The van der Waals surface area contributed by atoms with E-state index >= 15 is 0 Å². The van der Waals surface area contributed by atoms with Gasteiger partial charge in [0.15, 0.2) is 0 Å². The summed E-state index contributed by atoms with van der Waals surface area (Å²) in [6.07, 6.45) is 6.90. The maximum absolute atomic E-state index is 2.48. The van der Waals surface area contributed by atoms with Crippen LogP contribution in [0.5, 0.6) is 0 Å². The van der Waals surface area contributed by atoms with Gasteiger partial charge in [0.1, 0.15) is 0 Å². The third-order valence-electron chi connectivity index (χ3n) is 2.51. The number of hydrogen-bond donors (Lipinski definition) is 0. The summed E-state index contributed by atoms with van der Waals surface area (Å²) in [5.74, 6) is 0. The highest BCUT2D eigenvalue weighted by Gasteiger charge is 2.43. The van der Waals surface area contributed by atoms with Gasteiger partial charge < -0.3 is 0 Å². The van der Waals surface area contributed by atoms with E-state index in [1.54, 1.807) is 5.57 Å². The van der Waals surface area contributed by atoms with E-state index in [0.29, 0.717) is 0 Å². The third-order valence-corrected chi connectivity index (χ3v) is 6.08. The summed E-state index contributed by atoms with van der Waals surface area (Å²) < 4.78 is 0. The molecule has 0 bridgehead atoms. The molecular formula is C8H12Si. The van der Waals surface area contributed by atoms with E-state index in [0.717, 1.165) is 5.54 Å². The van der Waals surface area contributed by atoms with E-state index in [1.807, 2.05) is 0 Å². The molecule has 1 heterocycles. The first kappa shape index (κ1) is 5.48. The van der Waals surface area contributed by atoms with Gasteiger partial charge in [-0.25, -0.2) is 0 Å². The molecule has 2 rings (SSSR count). The second kappa shape index (κ2) is 1.40. The quantitative estimate of drug-likeness (QED) is 0.449. The van der Waals surface area contributed by atoms with Crippen molar-refractivity contribution in [1.29, 1.82) is 0 Å². The monoisotopic (exact) mass is 136 g/mol. The van der Waals surface area contributed by atoms with Gasteiger partial charge in [0.2, 0.25) is 0 Å². The summed E-state index contributed by atoms with van der Waals surface area (Å²) >= 11 is 0. The van der Waals surface area contributed by atoms with Crippen LogP contribution in [0.25, 0.3) is 0 Å². The molecule has 9 heavy (non-hydrogen) atoms. The molecule has 1 unspecified atom stereocenters. The lowest BCUT2D eigenvalue weighted by atomic mass is 10.2. The Morgan fingerprint density at radius 1 is 1.56 bits per heavy atom. The molecule has 1 aliphatic heterocycles. The summed E-state index contributed by atoms with van der Waals surface area (Å²) in [6.45, 7) is 4.95. The van der Waals surface area contributed by atoms with Gasteiger partial charge in [-0.1, -0.05) is 36.9 Å². The third kappa shape index (κ3) is 0.583. The van der Waals surface area contributed by atoms with Crippen LogP contribution in [0.2, 0.25) is 24.7 Å². The molecule has 0 aromatic rings. The van der Waals surface area contributed by atoms with Gasteiger partial charge in [-0.05, 0) is 11.6 Å². The summed E-state index contributed by atoms with van der Waals surface area (Å²) in [5, 5.41) is 0. The summed E-state index contributed by atoms with van der Waals surface area (Å²) in [4.78, 5) is 0. The van der Waals surface area contributed by atoms with Crippen LogP contribution in [-0.2, 0) is 0 Å². The SMILES string of the molecule is C[Si]1(C)CC2=CC=CC21. The molecule has 2 aliphatic rings. The zero-order valence-electron chi connectivity index (χ0n) is 6.02. The Hall–Kier alpha value is -0.303. The highest BCUT2D eigenvalue weighted by Crippen LogP contribution is 2.50. The van der Waals surface area contributed by atoms with Gasteiger partial charge in [-0.2, -0.15) is 0 Å². The zero-order chi connectivity index (χ0) is 6.48. The second-order valence-corrected chi connectivity index (χ2v) is 8.72. The maximum atomic E-state index is 2.48. The Morgan fingerprint density at radius 2 is 2.33 bits per heavy atom. The zero-order valence-corrected chi connectivity index (χ0v) is 7.02. The van der Waals surface area contributed by atoms with E-state index < -0.39 is 8.07 Å². The Labute approximate surface area is 57.3 Å². The van der Waals surface area contributed by atoms with Crippen molar-refractivity contribution in [3.05, 3.63) is 23.8 Å². The standard InChI is InChI=1S/C8H12Si/c1-9(2)6-7-4-3-5-8(7)9/h3-5,8H,6H2,1-2H3. The van der Waals surface area contributed by atoms with Crippen molar-refractivity contribution in [2.24, 2.45) is 0 Å². The minimum absolute atomic E-state index is 0.736. The Bertz CT molecular complexity index is 199. The molecule has 0 saturated carbocycles. The number of rotatable bonds is 0. The molecule has 0 aromatic heterocycles. The van der Waals surface area contributed by atoms with Crippen LogP contribution in [0.3, 0.4) is 0 Å². The highest BCUT2D eigenvalue weighted by molar-refractivity contribution is 6.84. The molecule has 0 aromatic carbocycles. The largest absolute Gasteiger partial charge is 0.0801 e. The van der Waals surface area contributed by atoms with Crippen molar-refractivity contribution in [3.63, 3.8) is 0 Å². The van der Waals surface area contributed by atoms with Gasteiger partial charge >= 0.3 is 0 Å². The topological polar surface area (TPSA) is 0 Å². The van der Waals surface area contributed by atoms with Crippen LogP contribution in [0, 0.1) is 0 Å². The first-order valence-corrected chi connectivity index (χ1v) is 6.86. The summed E-state index contributed by atoms with van der Waals surface area (Å²) in [6, 6.07) is 1.45. The van der Waals surface area contributed by atoms with Crippen LogP contribution in [0.1, 0.15) is 0 Å². The highest BCUT2D eigenvalue weighted by atomic mass is 28.3. The van der Waals surface area contributed by atoms with Gasteiger partial charge in [-0.3, -0.25) is 0 Å². The van der Waals surface area contributed by atoms with E-state index in [1.165, 1.54) is 6.04 Å². The number of hydrogen-bond acceptors (Lipinski definition) is 0. The fraction of sp³-hybridized carbons (Fsp3) is 0.500. The van der Waals surface area contributed by atoms with E-state index in [4.69, 9.17) is 0 Å². The van der Waals surface area contributed by atoms with Gasteiger partial charge in [0.25, 0.3) is 0 Å². The van der Waals surface area contributed by atoms with Crippen LogP contribution < -0.4 is 0 Å². The Morgan fingerprint density at radius 3 is 2.78 bits per heavy atom. The molecule has 1 aliphatic carbocycles. The summed E-state index contributed by atoms with van der Waals surface area (Å²) in [7, 11) is -0.736. The fourth-order valence-corrected chi connectivity index (χ4v) is 5.03. The van der Waals surface area contributed by atoms with Crippen LogP contribution in [0.15, 0.2) is 23.8 Å². The van der Waals surface area contributed by atoms with Gasteiger partial charge in [-0.15, -0.1) is 0 Å². The molecular weight excluding hydrogens is 124 g/mol. The predicted octanol–water partition coefficient (Wildman–Crippen LogP) is 2.57. The molecule has 1 heteroatoms. The van der Waals surface area contributed by atoms with Crippen molar-refractivity contribution in [2.45, 2.75) is 24.7 Å². The molecule has 0 nitrogen and oxygen atoms in total. The predicted molar refractivity (Wildman–Crippen MR) is 43.3 cm³/mol. The molecule has 0 N–H and O–H groups in total. The first-order chi connectivity index (χ1) is 4.20. The molecule has 0 radical (unpaired) electrons. The Balaban J connectivity index is 2.29. The van der Waals surface area contributed by atoms with Crippen LogP contribution in [-0.4, -0.2) is 8.07 Å². The molecule has 1 fully saturated rings. The van der Waals surface area contributed by atoms with E-state index in [-0.39, 0.29) is 0 Å². The molecule has 0 spiro atoms. The van der Waals surface area contributed by atoms with Crippen molar-refractivity contribution in [1.82, 2.24) is 0 Å². The molecule has 1 atom stereocenters. The molecule has 0 amide bonds. The molecule has 1 saturated heterocycles. The van der Waals surface area contributed by atoms with Crippen molar-refractivity contribution in [2.75, 3.05) is 0 Å². The minimum Gasteiger partial charge on any atom is -0.0801 e. The first-order valence-electron chi connectivity index (χ1n) is 3.57. The smallest absolute Gasteiger partial charge is 0.0631 e. The minimum atomic E-state index is -0.736. The van der Waals surface area contributed by atoms with Crippen molar-refractivity contribution >= 4 is 8.07 Å². The lowest BCUT2D eigenvalue weighted by Crippen LogP contribution is -2.41. The van der Waals surface area contributed by atoms with Crippen molar-refractivity contribution in [3.8, 4) is 0 Å². The van der Waals surface area contributed by atoms with E-state index in [2.05, 4.69) is 31.3 Å².